The first-order chi connectivity index (χ1) is 14.4. The monoisotopic (exact) mass is 384 g/mol. The van der Waals surface area contributed by atoms with Crippen LogP contribution in [-0.4, -0.2) is 42.7 Å². The van der Waals surface area contributed by atoms with Gasteiger partial charge in [-0.2, -0.15) is 0 Å². The van der Waals surface area contributed by atoms with Gasteiger partial charge in [-0.05, 0) is 31.0 Å². The first kappa shape index (κ1) is 16.6. The van der Waals surface area contributed by atoms with Gasteiger partial charge in [0.05, 0.1) is 22.7 Å². The van der Waals surface area contributed by atoms with Crippen LogP contribution < -0.4 is 0 Å². The van der Waals surface area contributed by atoms with Crippen LogP contribution in [0.2, 0.25) is 0 Å². The smallest absolute Gasteiger partial charge is 0.132 e. The molecule has 4 heterocycles. The molecular formula is C22H20N6O. The number of para-hydroxylation sites is 2. The number of ether oxygens (including phenoxy) is 1. The van der Waals surface area contributed by atoms with E-state index in [0.29, 0.717) is 12.6 Å². The number of hydrogen-bond donors (Lipinski definition) is 0. The van der Waals surface area contributed by atoms with Crippen LogP contribution in [-0.2, 0) is 11.3 Å². The number of aromatic nitrogens is 6. The van der Waals surface area contributed by atoms with Gasteiger partial charge in [-0.3, -0.25) is 4.98 Å². The zero-order chi connectivity index (χ0) is 19.2. The molecular weight excluding hydrogens is 364 g/mol. The Kier molecular flexibility index (Phi) is 3.80. The Labute approximate surface area is 166 Å². The fraction of sp³-hybridized carbons (Fsp3) is 0.273. The van der Waals surface area contributed by atoms with Gasteiger partial charge < -0.3 is 9.30 Å². The summed E-state index contributed by atoms with van der Waals surface area (Å²) in [4.78, 5) is 9.61. The third-order valence-electron chi connectivity index (χ3n) is 5.76. The number of rotatable bonds is 3. The zero-order valence-electron chi connectivity index (χ0n) is 15.9. The molecule has 6 rings (SSSR count). The van der Waals surface area contributed by atoms with E-state index in [1.165, 1.54) is 0 Å². The molecule has 1 aliphatic heterocycles. The highest BCUT2D eigenvalue weighted by Gasteiger charge is 2.24. The summed E-state index contributed by atoms with van der Waals surface area (Å²) in [6.07, 6.45) is 3.84. The summed E-state index contributed by atoms with van der Waals surface area (Å²) in [6.45, 7) is 2.12. The van der Waals surface area contributed by atoms with E-state index in [0.717, 1.165) is 64.8 Å². The van der Waals surface area contributed by atoms with Gasteiger partial charge in [0, 0.05) is 24.6 Å². The van der Waals surface area contributed by atoms with E-state index in [1.54, 1.807) is 0 Å². The maximum absolute atomic E-state index is 5.63. The number of imidazole rings is 1. The summed E-state index contributed by atoms with van der Waals surface area (Å²) < 4.78 is 9.96. The molecule has 0 aliphatic carbocycles. The molecule has 7 heteroatoms. The van der Waals surface area contributed by atoms with Crippen LogP contribution in [0.3, 0.4) is 0 Å². The molecule has 1 aliphatic rings. The van der Waals surface area contributed by atoms with E-state index >= 15 is 0 Å². The van der Waals surface area contributed by atoms with Gasteiger partial charge in [-0.15, -0.1) is 5.10 Å². The van der Waals surface area contributed by atoms with E-state index in [1.807, 2.05) is 41.2 Å². The van der Waals surface area contributed by atoms with Crippen molar-refractivity contribution in [3.63, 3.8) is 0 Å². The number of hydrogen-bond acceptors (Lipinski definition) is 5. The second-order valence-electron chi connectivity index (χ2n) is 7.49. The van der Waals surface area contributed by atoms with Gasteiger partial charge in [0.2, 0.25) is 0 Å². The minimum Gasteiger partial charge on any atom is -0.381 e. The number of benzene rings is 2. The molecule has 0 N–H and O–H groups in total. The van der Waals surface area contributed by atoms with Crippen LogP contribution in [0.5, 0.6) is 0 Å². The van der Waals surface area contributed by atoms with Crippen molar-refractivity contribution in [1.29, 1.82) is 0 Å². The molecule has 3 aromatic heterocycles. The Morgan fingerprint density at radius 3 is 2.62 bits per heavy atom. The Morgan fingerprint density at radius 2 is 1.72 bits per heavy atom. The summed E-state index contributed by atoms with van der Waals surface area (Å²) in [6, 6.07) is 16.7. The molecule has 144 valence electrons. The highest BCUT2D eigenvalue weighted by atomic mass is 16.5. The third-order valence-corrected chi connectivity index (χ3v) is 5.76. The maximum atomic E-state index is 5.63. The fourth-order valence-corrected chi connectivity index (χ4v) is 4.39. The van der Waals surface area contributed by atoms with Crippen molar-refractivity contribution < 1.29 is 4.74 Å². The average molecular weight is 384 g/mol. The van der Waals surface area contributed by atoms with Crippen molar-refractivity contribution in [3.8, 4) is 0 Å². The van der Waals surface area contributed by atoms with Crippen molar-refractivity contribution in [2.45, 2.75) is 25.4 Å². The molecule has 0 amide bonds. The molecule has 7 nitrogen and oxygen atoms in total. The first-order valence-corrected chi connectivity index (χ1v) is 9.99. The predicted octanol–water partition coefficient (Wildman–Crippen LogP) is 3.73. The summed E-state index contributed by atoms with van der Waals surface area (Å²) in [5.74, 6) is 0.987. The van der Waals surface area contributed by atoms with Gasteiger partial charge >= 0.3 is 0 Å². The van der Waals surface area contributed by atoms with Crippen LogP contribution >= 0.6 is 0 Å². The molecule has 1 saturated heterocycles. The molecule has 0 saturated carbocycles. The lowest BCUT2D eigenvalue weighted by Gasteiger charge is -2.26. The van der Waals surface area contributed by atoms with E-state index in [-0.39, 0.29) is 0 Å². The Bertz CT molecular complexity index is 1330. The molecule has 0 atom stereocenters. The van der Waals surface area contributed by atoms with Crippen LogP contribution in [0.25, 0.3) is 33.0 Å². The SMILES string of the molecule is c1ccc2c(c1)ncc1nc(Cn3nnc4ccccc43)n(C3CCOCC3)c12. The van der Waals surface area contributed by atoms with Gasteiger partial charge in [0.1, 0.15) is 23.4 Å². The predicted molar refractivity (Wildman–Crippen MR) is 111 cm³/mol. The summed E-state index contributed by atoms with van der Waals surface area (Å²) >= 11 is 0. The summed E-state index contributed by atoms with van der Waals surface area (Å²) in [7, 11) is 0. The highest BCUT2D eigenvalue weighted by Crippen LogP contribution is 2.32. The van der Waals surface area contributed by atoms with E-state index in [2.05, 4.69) is 38.1 Å². The lowest BCUT2D eigenvalue weighted by Crippen LogP contribution is -2.22. The van der Waals surface area contributed by atoms with Crippen LogP contribution in [0.15, 0.2) is 54.7 Å². The minimum atomic E-state index is 0.351. The van der Waals surface area contributed by atoms with Gasteiger partial charge in [-0.25, -0.2) is 9.67 Å². The highest BCUT2D eigenvalue weighted by molar-refractivity contribution is 6.02. The molecule has 5 aromatic rings. The maximum Gasteiger partial charge on any atom is 0.132 e. The summed E-state index contributed by atoms with van der Waals surface area (Å²) in [5.41, 5.74) is 4.98. The largest absolute Gasteiger partial charge is 0.381 e. The van der Waals surface area contributed by atoms with Crippen molar-refractivity contribution in [2.75, 3.05) is 13.2 Å². The zero-order valence-corrected chi connectivity index (χ0v) is 15.9. The number of fused-ring (bicyclic) bond motifs is 4. The van der Waals surface area contributed by atoms with Crippen LogP contribution in [0, 0.1) is 0 Å². The Balaban J connectivity index is 1.57. The van der Waals surface area contributed by atoms with Crippen molar-refractivity contribution >= 4 is 33.0 Å². The molecule has 0 radical (unpaired) electrons. The quantitative estimate of drug-likeness (QED) is 0.474. The van der Waals surface area contributed by atoms with Gasteiger partial charge in [-0.1, -0.05) is 35.5 Å². The third kappa shape index (κ3) is 2.69. The molecule has 2 aromatic carbocycles. The molecule has 1 fully saturated rings. The second kappa shape index (κ2) is 6.63. The van der Waals surface area contributed by atoms with Crippen LogP contribution in [0.4, 0.5) is 0 Å². The molecule has 0 bridgehead atoms. The lowest BCUT2D eigenvalue weighted by atomic mass is 10.1. The fourth-order valence-electron chi connectivity index (χ4n) is 4.39. The van der Waals surface area contributed by atoms with Crippen molar-refractivity contribution in [2.24, 2.45) is 0 Å². The number of nitrogens with zero attached hydrogens (tertiary/aromatic N) is 6. The summed E-state index contributed by atoms with van der Waals surface area (Å²) in [5, 5.41) is 9.82. The van der Waals surface area contributed by atoms with E-state index in [4.69, 9.17) is 9.72 Å². The lowest BCUT2D eigenvalue weighted by molar-refractivity contribution is 0.0698. The average Bonchev–Trinajstić information content (AvgIpc) is 3.36. The Morgan fingerprint density at radius 1 is 0.931 bits per heavy atom. The molecule has 0 unspecified atom stereocenters. The van der Waals surface area contributed by atoms with Gasteiger partial charge in [0.25, 0.3) is 0 Å². The number of pyridine rings is 1. The van der Waals surface area contributed by atoms with E-state index < -0.39 is 0 Å². The topological polar surface area (TPSA) is 70.7 Å². The van der Waals surface area contributed by atoms with Gasteiger partial charge in [0.15, 0.2) is 0 Å². The second-order valence-corrected chi connectivity index (χ2v) is 7.49. The standard InChI is InChI=1S/C22H20N6O/c1-2-6-17-16(5-1)22-19(13-23-17)24-21(28(22)15-9-11-29-12-10-15)14-27-20-8-4-3-7-18(20)25-26-27/h1-8,13,15H,9-12,14H2. The molecule has 0 spiro atoms. The Hall–Kier alpha value is -3.32. The minimum absolute atomic E-state index is 0.351. The van der Waals surface area contributed by atoms with Crippen molar-refractivity contribution in [1.82, 2.24) is 29.5 Å². The first-order valence-electron chi connectivity index (χ1n) is 9.99. The normalized spacial score (nSPS) is 15.6. The van der Waals surface area contributed by atoms with Crippen molar-refractivity contribution in [3.05, 3.63) is 60.6 Å². The van der Waals surface area contributed by atoms with Crippen LogP contribution in [0.1, 0.15) is 24.7 Å². The van der Waals surface area contributed by atoms with E-state index in [9.17, 15) is 0 Å². The molecule has 29 heavy (non-hydrogen) atoms.